The maximum absolute atomic E-state index is 12.4. The third-order valence-corrected chi connectivity index (χ3v) is 8.07. The molecular weight excluding hydrogens is 474 g/mol. The number of hydrogen-bond donors (Lipinski definition) is 6. The molecule has 0 aliphatic heterocycles. The van der Waals surface area contributed by atoms with Gasteiger partial charge < -0.3 is 30.6 Å². The van der Waals surface area contributed by atoms with Crippen LogP contribution in [0.3, 0.4) is 0 Å². The number of halogens is 9. The van der Waals surface area contributed by atoms with Crippen LogP contribution in [0.15, 0.2) is 0 Å². The van der Waals surface area contributed by atoms with E-state index in [0.717, 1.165) is 0 Å². The molecule has 0 aromatic heterocycles. The smallest absolute Gasteiger partial charge is 0.394 e. The lowest BCUT2D eigenvalue weighted by Crippen LogP contribution is -2.38. The molecule has 0 aliphatic rings. The highest BCUT2D eigenvalue weighted by Crippen LogP contribution is 2.29. The van der Waals surface area contributed by atoms with E-state index in [-0.39, 0.29) is 0 Å². The van der Waals surface area contributed by atoms with Crippen LogP contribution in [0.4, 0.5) is 39.5 Å². The summed E-state index contributed by atoms with van der Waals surface area (Å²) in [6.07, 6.45) is -33.3. The Morgan fingerprint density at radius 1 is 0.452 bits per heavy atom. The molecule has 0 rings (SSSR count). The van der Waals surface area contributed by atoms with Crippen LogP contribution in [0.25, 0.3) is 0 Å². The standard InChI is InChI=1S/3C5H8F3O2.Al/c3*1-3(9)2-4(10)5(6,7)8;/h3*3-4,9-10H,1-2H2;. The monoisotopic (exact) mass is 498 g/mol. The lowest BCUT2D eigenvalue weighted by Gasteiger charge is -2.25. The zero-order valence-corrected chi connectivity index (χ0v) is 17.0. The molecule has 0 saturated carbocycles. The van der Waals surface area contributed by atoms with Gasteiger partial charge in [-0.25, -0.2) is 0 Å². The molecule has 0 aromatic rings. The molecule has 6 unspecified atom stereocenters. The maximum Gasteiger partial charge on any atom is 0.414 e. The van der Waals surface area contributed by atoms with Gasteiger partial charge in [-0.2, -0.15) is 39.5 Å². The van der Waals surface area contributed by atoms with Crippen LogP contribution in [0, 0.1) is 0 Å². The summed E-state index contributed by atoms with van der Waals surface area (Å²) >= 11 is -2.93. The van der Waals surface area contributed by atoms with Gasteiger partial charge in [-0.15, -0.1) is 0 Å². The molecule has 6 atom stereocenters. The summed E-state index contributed by atoms with van der Waals surface area (Å²) < 4.78 is 111. The summed E-state index contributed by atoms with van der Waals surface area (Å²) in [6.45, 7) is 0. The van der Waals surface area contributed by atoms with Crippen LogP contribution >= 0.6 is 0 Å². The lowest BCUT2D eigenvalue weighted by atomic mass is 10.1. The normalized spacial score (nSPS) is 19.5. The van der Waals surface area contributed by atoms with E-state index >= 15 is 0 Å². The molecule has 186 valence electrons. The molecule has 0 bridgehead atoms. The molecule has 0 aromatic carbocycles. The molecule has 16 heteroatoms. The van der Waals surface area contributed by atoms with Crippen LogP contribution in [-0.4, -0.2) is 99.9 Å². The number of aliphatic hydroxyl groups excluding tert-OH is 6. The highest BCUT2D eigenvalue weighted by Gasteiger charge is 2.43. The van der Waals surface area contributed by atoms with E-state index < -0.39 is 104 Å². The molecule has 0 fully saturated rings. The van der Waals surface area contributed by atoms with Gasteiger partial charge in [0.05, 0.1) is 0 Å². The van der Waals surface area contributed by atoms with Crippen molar-refractivity contribution in [2.75, 3.05) is 0 Å². The van der Waals surface area contributed by atoms with Crippen LogP contribution in [0.2, 0.25) is 15.8 Å². The molecule has 6 N–H and O–H groups in total. The van der Waals surface area contributed by atoms with Crippen molar-refractivity contribution in [2.24, 2.45) is 0 Å². The van der Waals surface area contributed by atoms with Crippen LogP contribution in [0.5, 0.6) is 0 Å². The predicted octanol–water partition coefficient (Wildman–Crippen LogP) is 1.50. The van der Waals surface area contributed by atoms with Crippen molar-refractivity contribution in [3.05, 3.63) is 0 Å². The zero-order chi connectivity index (χ0) is 24.8. The van der Waals surface area contributed by atoms with Gasteiger partial charge in [0.15, 0.2) is 18.3 Å². The Labute approximate surface area is 175 Å². The number of aliphatic hydroxyl groups is 6. The minimum atomic E-state index is -5.08. The van der Waals surface area contributed by atoms with Crippen molar-refractivity contribution in [1.82, 2.24) is 0 Å². The van der Waals surface area contributed by atoms with Crippen molar-refractivity contribution in [3.8, 4) is 0 Å². The van der Waals surface area contributed by atoms with Gasteiger partial charge in [0.25, 0.3) is 14.1 Å². The van der Waals surface area contributed by atoms with Crippen LogP contribution in [0.1, 0.15) is 19.3 Å². The van der Waals surface area contributed by atoms with Gasteiger partial charge in [0.2, 0.25) is 0 Å². The SMILES string of the molecule is OC(CC(O)C(F)(F)F)[CH2][Al]([CH2]C(O)CC(O)C(F)(F)F)[CH2]C(O)CC(O)C(F)(F)F. The quantitative estimate of drug-likeness (QED) is 0.179. The minimum Gasteiger partial charge on any atom is -0.394 e. The fourth-order valence-electron chi connectivity index (χ4n) is 2.91. The maximum atomic E-state index is 12.4. The van der Waals surface area contributed by atoms with Crippen LogP contribution < -0.4 is 0 Å². The zero-order valence-electron chi connectivity index (χ0n) is 15.9. The van der Waals surface area contributed by atoms with Gasteiger partial charge in [0, 0.05) is 37.6 Å². The first-order chi connectivity index (χ1) is 13.7. The number of hydrogen-bond acceptors (Lipinski definition) is 6. The average molecular weight is 498 g/mol. The molecule has 6 nitrogen and oxygen atoms in total. The molecule has 0 spiro atoms. The first kappa shape index (κ1) is 30.7. The Morgan fingerprint density at radius 2 is 0.645 bits per heavy atom. The van der Waals surface area contributed by atoms with Crippen molar-refractivity contribution in [1.29, 1.82) is 0 Å². The average Bonchev–Trinajstić information content (AvgIpc) is 2.51. The van der Waals surface area contributed by atoms with Gasteiger partial charge in [-0.1, -0.05) is 15.8 Å². The van der Waals surface area contributed by atoms with E-state index in [0.29, 0.717) is 0 Å². The molecule has 0 heterocycles. The van der Waals surface area contributed by atoms with E-state index in [2.05, 4.69) is 0 Å². The Kier molecular flexibility index (Phi) is 12.1. The first-order valence-electron chi connectivity index (χ1n) is 9.02. The van der Waals surface area contributed by atoms with E-state index in [9.17, 15) is 54.8 Å². The molecular formula is C15H24AlF9O6. The van der Waals surface area contributed by atoms with E-state index in [4.69, 9.17) is 15.3 Å². The summed E-state index contributed by atoms with van der Waals surface area (Å²) in [7, 11) is 0. The fraction of sp³-hybridized carbons (Fsp3) is 1.00. The second-order valence-electron chi connectivity index (χ2n) is 7.41. The second-order valence-corrected chi connectivity index (χ2v) is 10.6. The molecule has 0 amide bonds. The summed E-state index contributed by atoms with van der Waals surface area (Å²) in [6, 6.07) is 0. The topological polar surface area (TPSA) is 121 Å². The van der Waals surface area contributed by atoms with E-state index in [1.54, 1.807) is 0 Å². The minimum absolute atomic E-state index is 0.592. The predicted molar refractivity (Wildman–Crippen MR) is 88.2 cm³/mol. The largest absolute Gasteiger partial charge is 0.414 e. The fourth-order valence-corrected chi connectivity index (χ4v) is 6.37. The Morgan fingerprint density at radius 3 is 0.806 bits per heavy atom. The molecule has 0 saturated heterocycles. The molecule has 0 radical (unpaired) electrons. The number of rotatable bonds is 12. The van der Waals surface area contributed by atoms with E-state index in [1.807, 2.05) is 0 Å². The summed E-state index contributed by atoms with van der Waals surface area (Å²) in [5, 5.41) is 54.4. The van der Waals surface area contributed by atoms with Gasteiger partial charge in [-0.3, -0.25) is 0 Å². The van der Waals surface area contributed by atoms with Crippen molar-refractivity contribution in [3.63, 3.8) is 0 Å². The second kappa shape index (κ2) is 12.2. The molecule has 31 heavy (non-hydrogen) atoms. The van der Waals surface area contributed by atoms with Crippen molar-refractivity contribution in [2.45, 2.75) is 90.3 Å². The van der Waals surface area contributed by atoms with Gasteiger partial charge >= 0.3 is 18.5 Å². The summed E-state index contributed by atoms with van der Waals surface area (Å²) in [5.41, 5.74) is 0. The van der Waals surface area contributed by atoms with Gasteiger partial charge in [-0.05, 0) is 0 Å². The van der Waals surface area contributed by atoms with Gasteiger partial charge in [0.1, 0.15) is 0 Å². The first-order valence-corrected chi connectivity index (χ1v) is 11.5. The highest BCUT2D eigenvalue weighted by atomic mass is 27.2. The van der Waals surface area contributed by atoms with Crippen molar-refractivity contribution < 1.29 is 70.2 Å². The lowest BCUT2D eigenvalue weighted by molar-refractivity contribution is -0.210. The van der Waals surface area contributed by atoms with Crippen molar-refractivity contribution >= 4 is 14.1 Å². The van der Waals surface area contributed by atoms with Crippen LogP contribution in [-0.2, 0) is 0 Å². The highest BCUT2D eigenvalue weighted by molar-refractivity contribution is 6.59. The number of alkyl halides is 9. The summed E-state index contributed by atoms with van der Waals surface area (Å²) in [5.74, 6) is 0. The Balaban J connectivity index is 5.15. The Bertz CT molecular complexity index is 445. The third kappa shape index (κ3) is 13.1. The Hall–Kier alpha value is -0.338. The van der Waals surface area contributed by atoms with E-state index in [1.165, 1.54) is 0 Å². The summed E-state index contributed by atoms with van der Waals surface area (Å²) in [4.78, 5) is 0. The third-order valence-electron chi connectivity index (χ3n) is 4.44. The molecule has 0 aliphatic carbocycles.